The number of phenolic OH excluding ortho intramolecular Hbond substituents is 1. The van der Waals surface area contributed by atoms with Crippen LogP contribution in [0.4, 0.5) is 18.9 Å². The van der Waals surface area contributed by atoms with Gasteiger partial charge in [0.1, 0.15) is 5.70 Å². The van der Waals surface area contributed by atoms with E-state index in [-0.39, 0.29) is 5.57 Å². The van der Waals surface area contributed by atoms with Gasteiger partial charge in [0, 0.05) is 6.20 Å². The maximum Gasteiger partial charge on any atom is 0.501 e. The number of benzene rings is 1. The van der Waals surface area contributed by atoms with Gasteiger partial charge < -0.3 is 19.5 Å². The molecular weight excluding hydrogens is 499 g/mol. The summed E-state index contributed by atoms with van der Waals surface area (Å²) in [5.41, 5.74) is -7.05. The monoisotopic (exact) mass is 511 g/mol. The molecule has 2 rings (SSSR count). The van der Waals surface area contributed by atoms with Crippen LogP contribution in [0.15, 0.2) is 57.2 Å². The van der Waals surface area contributed by atoms with Gasteiger partial charge in [0.2, 0.25) is 0 Å². The Bertz CT molecular complexity index is 1090. The molecule has 0 amide bonds. The maximum absolute atomic E-state index is 13.0. The number of hydrogen-bond acceptors (Lipinski definition) is 8. The minimum absolute atomic E-state index is 0.353. The lowest BCUT2D eigenvalue weighted by atomic mass is 10.1. The van der Waals surface area contributed by atoms with E-state index in [0.29, 0.717) is 12.1 Å². The Morgan fingerprint density at radius 3 is 2.23 bits per heavy atom. The van der Waals surface area contributed by atoms with E-state index in [1.165, 1.54) is 18.2 Å². The van der Waals surface area contributed by atoms with Crippen molar-refractivity contribution in [1.29, 1.82) is 0 Å². The summed E-state index contributed by atoms with van der Waals surface area (Å²) in [5.74, 6) is -2.79. The summed E-state index contributed by atoms with van der Waals surface area (Å²) in [7, 11) is -3.77. The number of alkyl halides is 3. The molecule has 0 aromatic heterocycles. The molecule has 162 valence electrons. The molecular formula is C17H13BrF3NO7S. The standard InChI is InChI=1S/C17H13BrF3NO7S/c1-28-15(24)10-5-3-4-6-22(13(10)16(25)29-2)12-8-9(7-11(18)14(12)23)30(26,27)17(19,20)21/h3-8,23H,1-2H3. The largest absolute Gasteiger partial charge is 0.505 e. The van der Waals surface area contributed by atoms with Crippen LogP contribution in [-0.4, -0.2) is 45.2 Å². The summed E-state index contributed by atoms with van der Waals surface area (Å²) in [5, 5.41) is 10.4. The van der Waals surface area contributed by atoms with Crippen molar-refractivity contribution < 1.29 is 45.8 Å². The van der Waals surface area contributed by atoms with E-state index < -0.39 is 53.8 Å². The second-order valence-electron chi connectivity index (χ2n) is 5.54. The van der Waals surface area contributed by atoms with E-state index in [1.807, 2.05) is 0 Å². The number of rotatable bonds is 4. The molecule has 1 aliphatic heterocycles. The maximum atomic E-state index is 13.0. The van der Waals surface area contributed by atoms with Gasteiger partial charge in [0.25, 0.3) is 9.84 Å². The smallest absolute Gasteiger partial charge is 0.501 e. The van der Waals surface area contributed by atoms with E-state index in [4.69, 9.17) is 0 Å². The molecule has 0 radical (unpaired) electrons. The van der Waals surface area contributed by atoms with Gasteiger partial charge in [-0.25, -0.2) is 18.0 Å². The summed E-state index contributed by atoms with van der Waals surface area (Å²) in [6.07, 6.45) is 4.90. The van der Waals surface area contributed by atoms with Gasteiger partial charge in [0.15, 0.2) is 5.75 Å². The van der Waals surface area contributed by atoms with E-state index in [2.05, 4.69) is 25.4 Å². The van der Waals surface area contributed by atoms with Crippen LogP contribution in [0, 0.1) is 0 Å². The fourth-order valence-corrected chi connectivity index (χ4v) is 3.79. The highest BCUT2D eigenvalue weighted by molar-refractivity contribution is 9.10. The van der Waals surface area contributed by atoms with Gasteiger partial charge in [-0.2, -0.15) is 13.2 Å². The summed E-state index contributed by atoms with van der Waals surface area (Å²) in [4.78, 5) is 24.1. The second-order valence-corrected chi connectivity index (χ2v) is 8.33. The minimum atomic E-state index is -5.80. The van der Waals surface area contributed by atoms with E-state index >= 15 is 0 Å². The highest BCUT2D eigenvalue weighted by atomic mass is 79.9. The molecule has 0 saturated heterocycles. The molecule has 1 heterocycles. The Labute approximate surface area is 176 Å². The number of hydrogen-bond donors (Lipinski definition) is 1. The number of aromatic hydroxyl groups is 1. The van der Waals surface area contributed by atoms with Gasteiger partial charge in [-0.1, -0.05) is 6.08 Å². The SMILES string of the molecule is COC(=O)C1=C(C(=O)OC)N(c2cc(S(=O)(=O)C(F)(F)F)cc(Br)c2O)C=CC=C1. The molecule has 1 aromatic carbocycles. The van der Waals surface area contributed by atoms with Crippen LogP contribution in [0.25, 0.3) is 0 Å². The summed E-state index contributed by atoms with van der Waals surface area (Å²) < 4.78 is 71.6. The van der Waals surface area contributed by atoms with Crippen molar-refractivity contribution in [3.05, 3.63) is 52.3 Å². The molecule has 0 bridgehead atoms. The predicted molar refractivity (Wildman–Crippen MR) is 101 cm³/mol. The zero-order valence-corrected chi connectivity index (χ0v) is 17.6. The Hall–Kier alpha value is -2.80. The zero-order valence-electron chi connectivity index (χ0n) is 15.2. The Kier molecular flexibility index (Phi) is 6.67. The highest BCUT2D eigenvalue weighted by Gasteiger charge is 2.47. The van der Waals surface area contributed by atoms with Crippen LogP contribution in [0.2, 0.25) is 0 Å². The Balaban J connectivity index is 2.87. The number of methoxy groups -OCH3 is 2. The number of halogens is 4. The molecule has 1 aliphatic rings. The van der Waals surface area contributed by atoms with Gasteiger partial charge >= 0.3 is 17.4 Å². The number of esters is 2. The van der Waals surface area contributed by atoms with Crippen LogP contribution < -0.4 is 4.90 Å². The minimum Gasteiger partial charge on any atom is -0.505 e. The number of carbonyl (C=O) groups is 2. The van der Waals surface area contributed by atoms with Gasteiger partial charge in [-0.3, -0.25) is 0 Å². The van der Waals surface area contributed by atoms with Crippen molar-refractivity contribution >= 4 is 43.4 Å². The first-order valence-corrected chi connectivity index (χ1v) is 10.0. The summed E-state index contributed by atoms with van der Waals surface area (Å²) in [6, 6.07) is 1.07. The molecule has 1 N–H and O–H groups in total. The first kappa shape index (κ1) is 23.5. The third-order valence-electron chi connectivity index (χ3n) is 3.78. The van der Waals surface area contributed by atoms with Crippen molar-refractivity contribution in [3.63, 3.8) is 0 Å². The van der Waals surface area contributed by atoms with Crippen LogP contribution >= 0.6 is 15.9 Å². The van der Waals surface area contributed by atoms with Crippen LogP contribution in [-0.2, 0) is 28.9 Å². The lowest BCUT2D eigenvalue weighted by molar-refractivity contribution is -0.139. The van der Waals surface area contributed by atoms with Crippen LogP contribution in [0.1, 0.15) is 0 Å². The fourth-order valence-electron chi connectivity index (χ4n) is 2.38. The molecule has 0 spiro atoms. The normalized spacial score (nSPS) is 14.5. The van der Waals surface area contributed by atoms with Crippen molar-refractivity contribution in [2.75, 3.05) is 19.1 Å². The van der Waals surface area contributed by atoms with E-state index in [0.717, 1.165) is 25.3 Å². The number of sulfone groups is 1. The first-order chi connectivity index (χ1) is 13.9. The van der Waals surface area contributed by atoms with Crippen LogP contribution in [0.3, 0.4) is 0 Å². The number of carbonyl (C=O) groups excluding carboxylic acids is 2. The number of ether oxygens (including phenoxy) is 2. The number of nitrogens with zero attached hydrogens (tertiary/aromatic N) is 1. The van der Waals surface area contributed by atoms with E-state index in [1.54, 1.807) is 0 Å². The third kappa shape index (κ3) is 4.21. The lowest BCUT2D eigenvalue weighted by Gasteiger charge is -2.25. The Morgan fingerprint density at radius 2 is 1.70 bits per heavy atom. The van der Waals surface area contributed by atoms with Gasteiger partial charge in [-0.05, 0) is 40.2 Å². The quantitative estimate of drug-likeness (QED) is 0.614. The lowest BCUT2D eigenvalue weighted by Crippen LogP contribution is -2.28. The van der Waals surface area contributed by atoms with Crippen molar-refractivity contribution in [2.24, 2.45) is 0 Å². The predicted octanol–water partition coefficient (Wildman–Crippen LogP) is 2.94. The molecule has 0 unspecified atom stereocenters. The van der Waals surface area contributed by atoms with Crippen molar-refractivity contribution in [1.82, 2.24) is 0 Å². The summed E-state index contributed by atoms with van der Waals surface area (Å²) >= 11 is 2.80. The Morgan fingerprint density at radius 1 is 1.10 bits per heavy atom. The van der Waals surface area contributed by atoms with Crippen LogP contribution in [0.5, 0.6) is 5.75 Å². The second kappa shape index (κ2) is 8.52. The topological polar surface area (TPSA) is 110 Å². The van der Waals surface area contributed by atoms with Crippen molar-refractivity contribution in [2.45, 2.75) is 10.4 Å². The molecule has 30 heavy (non-hydrogen) atoms. The molecule has 1 aromatic rings. The third-order valence-corrected chi connectivity index (χ3v) is 5.85. The fraction of sp³-hybridized carbons (Fsp3) is 0.176. The number of anilines is 1. The average Bonchev–Trinajstić information content (AvgIpc) is 2.90. The number of phenols is 1. The first-order valence-electron chi connectivity index (χ1n) is 7.75. The van der Waals surface area contributed by atoms with Gasteiger partial charge in [-0.15, -0.1) is 0 Å². The molecule has 0 aliphatic carbocycles. The molecule has 13 heteroatoms. The average molecular weight is 512 g/mol. The van der Waals surface area contributed by atoms with Crippen molar-refractivity contribution in [3.8, 4) is 5.75 Å². The number of allylic oxidation sites excluding steroid dienone is 2. The molecule has 0 atom stereocenters. The van der Waals surface area contributed by atoms with Gasteiger partial charge in [0.05, 0.1) is 34.8 Å². The molecule has 8 nitrogen and oxygen atoms in total. The highest BCUT2D eigenvalue weighted by Crippen LogP contribution is 2.42. The van der Waals surface area contributed by atoms with E-state index in [9.17, 15) is 36.3 Å². The molecule has 0 fully saturated rings. The summed E-state index contributed by atoms with van der Waals surface area (Å²) in [6.45, 7) is 0. The zero-order chi connectivity index (χ0) is 22.9. The molecule has 0 saturated carbocycles.